The number of hydrogen-bond acceptors (Lipinski definition) is 3. The average Bonchev–Trinajstić information content (AvgIpc) is 2.86. The fraction of sp³-hybridized carbons (Fsp3) is 0. The van der Waals surface area contributed by atoms with E-state index in [-0.39, 0.29) is 11.0 Å². The van der Waals surface area contributed by atoms with E-state index in [1.54, 1.807) is 18.2 Å². The van der Waals surface area contributed by atoms with Crippen molar-refractivity contribution < 1.29 is 4.79 Å². The van der Waals surface area contributed by atoms with Gasteiger partial charge >= 0.3 is 0 Å². The van der Waals surface area contributed by atoms with Crippen LogP contribution in [0.5, 0.6) is 0 Å². The van der Waals surface area contributed by atoms with Gasteiger partial charge in [0.2, 0.25) is 0 Å². The third kappa shape index (κ3) is 4.01. The molecule has 1 amide bonds. The van der Waals surface area contributed by atoms with E-state index in [1.807, 2.05) is 17.5 Å². The van der Waals surface area contributed by atoms with E-state index in [9.17, 15) is 4.79 Å². The monoisotopic (exact) mass is 374 g/mol. The van der Waals surface area contributed by atoms with Gasteiger partial charge in [0.05, 0.1) is 15.6 Å². The van der Waals surface area contributed by atoms with Gasteiger partial charge in [-0.3, -0.25) is 10.1 Å². The van der Waals surface area contributed by atoms with E-state index >= 15 is 0 Å². The van der Waals surface area contributed by atoms with Crippen molar-refractivity contribution in [3.05, 3.63) is 50.1 Å². The molecule has 98 valence electrons. The Kier molecular flexibility index (Phi) is 4.93. The van der Waals surface area contributed by atoms with Crippen LogP contribution in [0.25, 0.3) is 0 Å². The van der Waals surface area contributed by atoms with E-state index in [2.05, 4.69) is 26.6 Å². The van der Waals surface area contributed by atoms with Gasteiger partial charge in [0, 0.05) is 4.47 Å². The van der Waals surface area contributed by atoms with Gasteiger partial charge < -0.3 is 5.32 Å². The molecule has 19 heavy (non-hydrogen) atoms. The molecular formula is C12H8BrClN2OS2. The number of carbonyl (C=O) groups is 1. The highest BCUT2D eigenvalue weighted by Crippen LogP contribution is 2.25. The van der Waals surface area contributed by atoms with Crippen molar-refractivity contribution >= 4 is 67.8 Å². The predicted octanol–water partition coefficient (Wildman–Crippen LogP) is 4.29. The van der Waals surface area contributed by atoms with Crippen molar-refractivity contribution in [2.45, 2.75) is 0 Å². The van der Waals surface area contributed by atoms with Crippen molar-refractivity contribution in [3.8, 4) is 0 Å². The van der Waals surface area contributed by atoms with E-state index < -0.39 is 0 Å². The largest absolute Gasteiger partial charge is 0.331 e. The van der Waals surface area contributed by atoms with Crippen LogP contribution in [0.1, 0.15) is 9.67 Å². The number of thiocarbonyl (C=S) groups is 1. The minimum absolute atomic E-state index is 0.211. The van der Waals surface area contributed by atoms with Crippen LogP contribution in [-0.4, -0.2) is 11.0 Å². The zero-order chi connectivity index (χ0) is 13.8. The van der Waals surface area contributed by atoms with Crippen molar-refractivity contribution in [2.75, 3.05) is 5.32 Å². The van der Waals surface area contributed by atoms with Crippen LogP contribution >= 0.6 is 51.1 Å². The Morgan fingerprint density at radius 1 is 1.37 bits per heavy atom. The van der Waals surface area contributed by atoms with Gasteiger partial charge in [0.25, 0.3) is 5.91 Å². The number of anilines is 1. The molecule has 2 rings (SSSR count). The summed E-state index contributed by atoms with van der Waals surface area (Å²) in [6.45, 7) is 0. The number of benzene rings is 1. The predicted molar refractivity (Wildman–Crippen MR) is 87.2 cm³/mol. The lowest BCUT2D eigenvalue weighted by atomic mass is 10.3. The van der Waals surface area contributed by atoms with Crippen molar-refractivity contribution in [1.29, 1.82) is 0 Å². The molecule has 0 unspecified atom stereocenters. The minimum atomic E-state index is -0.235. The number of amides is 1. The fourth-order valence-electron chi connectivity index (χ4n) is 1.32. The Morgan fingerprint density at radius 3 is 2.79 bits per heavy atom. The summed E-state index contributed by atoms with van der Waals surface area (Å²) in [4.78, 5) is 12.4. The second kappa shape index (κ2) is 6.47. The summed E-state index contributed by atoms with van der Waals surface area (Å²) in [5.74, 6) is -0.235. The van der Waals surface area contributed by atoms with Crippen molar-refractivity contribution in [1.82, 2.24) is 5.32 Å². The maximum Gasteiger partial charge on any atom is 0.267 e. The summed E-state index contributed by atoms with van der Waals surface area (Å²) in [5.41, 5.74) is 0.640. The lowest BCUT2D eigenvalue weighted by molar-refractivity contribution is 0.0981. The summed E-state index contributed by atoms with van der Waals surface area (Å²) in [6.07, 6.45) is 0. The maximum absolute atomic E-state index is 11.8. The van der Waals surface area contributed by atoms with Crippen molar-refractivity contribution in [2.24, 2.45) is 0 Å². The van der Waals surface area contributed by atoms with Gasteiger partial charge in [-0.25, -0.2) is 0 Å². The lowest BCUT2D eigenvalue weighted by Gasteiger charge is -2.10. The number of rotatable bonds is 2. The first-order valence-electron chi connectivity index (χ1n) is 5.17. The molecule has 0 aliphatic carbocycles. The number of halogens is 2. The second-order valence-electron chi connectivity index (χ2n) is 3.51. The molecule has 2 aromatic rings. The SMILES string of the molecule is O=C(NC(=S)Nc1ccc(Br)cc1Cl)c1cccs1. The Labute approximate surface area is 133 Å². The molecule has 0 saturated carbocycles. The molecule has 0 radical (unpaired) electrons. The molecule has 3 nitrogen and oxygen atoms in total. The lowest BCUT2D eigenvalue weighted by Crippen LogP contribution is -2.33. The van der Waals surface area contributed by atoms with Crippen LogP contribution in [0.3, 0.4) is 0 Å². The minimum Gasteiger partial charge on any atom is -0.331 e. The van der Waals surface area contributed by atoms with Crippen LogP contribution in [0, 0.1) is 0 Å². The van der Waals surface area contributed by atoms with E-state index in [0.717, 1.165) is 4.47 Å². The molecule has 0 bridgehead atoms. The molecule has 0 atom stereocenters. The number of carbonyl (C=O) groups excluding carboxylic acids is 1. The first kappa shape index (κ1) is 14.5. The van der Waals surface area contributed by atoms with Crippen LogP contribution in [0.2, 0.25) is 5.02 Å². The van der Waals surface area contributed by atoms with Gasteiger partial charge in [-0.2, -0.15) is 0 Å². The summed E-state index contributed by atoms with van der Waals surface area (Å²) in [6, 6.07) is 8.89. The van der Waals surface area contributed by atoms with Gasteiger partial charge in [-0.15, -0.1) is 11.3 Å². The summed E-state index contributed by atoms with van der Waals surface area (Å²) in [5, 5.41) is 8.03. The van der Waals surface area contributed by atoms with Crippen LogP contribution in [-0.2, 0) is 0 Å². The van der Waals surface area contributed by atoms with Crippen LogP contribution in [0.4, 0.5) is 5.69 Å². The molecule has 0 aliphatic heterocycles. The fourth-order valence-corrected chi connectivity index (χ4v) is 2.86. The van der Waals surface area contributed by atoms with E-state index in [1.165, 1.54) is 11.3 Å². The third-order valence-corrected chi connectivity index (χ3v) is 4.03. The first-order chi connectivity index (χ1) is 9.06. The highest BCUT2D eigenvalue weighted by molar-refractivity contribution is 9.10. The van der Waals surface area contributed by atoms with Crippen LogP contribution in [0.15, 0.2) is 40.2 Å². The Bertz CT molecular complexity index is 616. The number of thiophene rings is 1. The summed E-state index contributed by atoms with van der Waals surface area (Å²) >= 11 is 15.8. The topological polar surface area (TPSA) is 41.1 Å². The molecule has 1 aromatic carbocycles. The normalized spacial score (nSPS) is 10.0. The summed E-state index contributed by atoms with van der Waals surface area (Å²) < 4.78 is 0.872. The van der Waals surface area contributed by atoms with E-state index in [0.29, 0.717) is 15.6 Å². The van der Waals surface area contributed by atoms with Crippen LogP contribution < -0.4 is 10.6 Å². The molecule has 0 spiro atoms. The molecule has 0 fully saturated rings. The zero-order valence-corrected chi connectivity index (χ0v) is 13.4. The van der Waals surface area contributed by atoms with Gasteiger partial charge in [-0.05, 0) is 41.9 Å². The summed E-state index contributed by atoms with van der Waals surface area (Å²) in [7, 11) is 0. The smallest absolute Gasteiger partial charge is 0.267 e. The zero-order valence-electron chi connectivity index (χ0n) is 9.44. The van der Waals surface area contributed by atoms with Gasteiger partial charge in [0.15, 0.2) is 5.11 Å². The highest BCUT2D eigenvalue weighted by atomic mass is 79.9. The molecule has 2 N–H and O–H groups in total. The average molecular weight is 376 g/mol. The number of nitrogens with one attached hydrogen (secondary N) is 2. The highest BCUT2D eigenvalue weighted by Gasteiger charge is 2.09. The Morgan fingerprint density at radius 2 is 2.16 bits per heavy atom. The molecule has 0 saturated heterocycles. The molecular weight excluding hydrogens is 368 g/mol. The molecule has 7 heteroatoms. The number of hydrogen-bond donors (Lipinski definition) is 2. The second-order valence-corrected chi connectivity index (χ2v) is 6.19. The Hall–Kier alpha value is -0.950. The van der Waals surface area contributed by atoms with Crippen molar-refractivity contribution in [3.63, 3.8) is 0 Å². The van der Waals surface area contributed by atoms with Gasteiger partial charge in [0.1, 0.15) is 0 Å². The molecule has 1 heterocycles. The maximum atomic E-state index is 11.8. The Balaban J connectivity index is 2.00. The quantitative estimate of drug-likeness (QED) is 0.769. The standard InChI is InChI=1S/C12H8BrClN2OS2/c13-7-3-4-9(8(14)6-7)15-12(18)16-11(17)10-2-1-5-19-10/h1-6H,(H2,15,16,17,18). The first-order valence-corrected chi connectivity index (χ1v) is 7.63. The van der Waals surface area contributed by atoms with Gasteiger partial charge in [-0.1, -0.05) is 33.6 Å². The third-order valence-electron chi connectivity index (χ3n) is 2.15. The van der Waals surface area contributed by atoms with E-state index in [4.69, 9.17) is 23.8 Å². The molecule has 0 aliphatic rings. The molecule has 1 aromatic heterocycles.